The first-order chi connectivity index (χ1) is 13.8. The van der Waals surface area contributed by atoms with Crippen molar-refractivity contribution >= 4 is 46.3 Å². The molecule has 3 rings (SSSR count). The van der Waals surface area contributed by atoms with Crippen LogP contribution >= 0.6 is 23.2 Å². The number of aryl methyl sites for hydroxylation is 1. The molecule has 0 bridgehead atoms. The number of esters is 1. The van der Waals surface area contributed by atoms with Crippen molar-refractivity contribution in [2.45, 2.75) is 6.92 Å². The second-order valence-electron chi connectivity index (χ2n) is 6.29. The van der Waals surface area contributed by atoms with Crippen LogP contribution in [0.2, 0.25) is 10.0 Å². The van der Waals surface area contributed by atoms with Gasteiger partial charge in [0.2, 0.25) is 0 Å². The summed E-state index contributed by atoms with van der Waals surface area (Å²) in [6, 6.07) is 13.6. The number of ether oxygens (including phenoxy) is 1. The summed E-state index contributed by atoms with van der Waals surface area (Å²) in [5.74, 6) is -1.28. The minimum absolute atomic E-state index is 0.219. The Bertz CT molecular complexity index is 1120. The lowest BCUT2D eigenvalue weighted by Crippen LogP contribution is -2.08. The van der Waals surface area contributed by atoms with E-state index in [0.29, 0.717) is 22.5 Å². The van der Waals surface area contributed by atoms with Gasteiger partial charge in [-0.25, -0.2) is 9.18 Å². The summed E-state index contributed by atoms with van der Waals surface area (Å²) < 4.78 is 17.9. The Labute approximate surface area is 177 Å². The maximum absolute atomic E-state index is 13.2. The summed E-state index contributed by atoms with van der Waals surface area (Å²) in [7, 11) is 1.28. The number of ketones is 1. The highest BCUT2D eigenvalue weighted by molar-refractivity contribution is 6.35. The van der Waals surface area contributed by atoms with Crippen molar-refractivity contribution in [1.29, 1.82) is 0 Å². The quantitative estimate of drug-likeness (QED) is 0.385. The summed E-state index contributed by atoms with van der Waals surface area (Å²) in [6.45, 7) is 1.77. The normalized spacial score (nSPS) is 10.5. The van der Waals surface area contributed by atoms with E-state index in [-0.39, 0.29) is 27.0 Å². The summed E-state index contributed by atoms with van der Waals surface area (Å²) in [5.41, 5.74) is 2.72. The first kappa shape index (κ1) is 20.8. The average molecular weight is 432 g/mol. The van der Waals surface area contributed by atoms with Crippen LogP contribution < -0.4 is 5.32 Å². The van der Waals surface area contributed by atoms with Gasteiger partial charge >= 0.3 is 5.97 Å². The van der Waals surface area contributed by atoms with E-state index in [1.807, 2.05) is 0 Å². The number of methoxy groups -OCH3 is 1. The molecule has 0 atom stereocenters. The predicted molar refractivity (Wildman–Crippen MR) is 112 cm³/mol. The Morgan fingerprint density at radius 1 is 0.931 bits per heavy atom. The van der Waals surface area contributed by atoms with Crippen molar-refractivity contribution in [3.8, 4) is 0 Å². The van der Waals surface area contributed by atoms with Gasteiger partial charge in [-0.05, 0) is 61.0 Å². The second-order valence-corrected chi connectivity index (χ2v) is 7.11. The van der Waals surface area contributed by atoms with E-state index in [4.69, 9.17) is 27.9 Å². The van der Waals surface area contributed by atoms with Crippen LogP contribution in [0.4, 0.5) is 15.8 Å². The fraction of sp³-hybridized carbons (Fsp3) is 0.0909. The zero-order chi connectivity index (χ0) is 21.1. The lowest BCUT2D eigenvalue weighted by Gasteiger charge is -2.12. The highest BCUT2D eigenvalue weighted by Crippen LogP contribution is 2.30. The molecule has 29 heavy (non-hydrogen) atoms. The fourth-order valence-electron chi connectivity index (χ4n) is 2.78. The van der Waals surface area contributed by atoms with Gasteiger partial charge in [-0.3, -0.25) is 4.79 Å². The van der Waals surface area contributed by atoms with Crippen LogP contribution in [0.15, 0.2) is 54.6 Å². The van der Waals surface area contributed by atoms with Crippen molar-refractivity contribution in [2.75, 3.05) is 12.4 Å². The van der Waals surface area contributed by atoms with Gasteiger partial charge in [-0.1, -0.05) is 29.3 Å². The third-order valence-electron chi connectivity index (χ3n) is 4.33. The van der Waals surface area contributed by atoms with Gasteiger partial charge in [0, 0.05) is 16.8 Å². The molecule has 3 aromatic rings. The van der Waals surface area contributed by atoms with E-state index in [2.05, 4.69) is 5.32 Å². The van der Waals surface area contributed by atoms with E-state index in [1.54, 1.807) is 37.3 Å². The number of rotatable bonds is 5. The van der Waals surface area contributed by atoms with E-state index in [1.165, 1.54) is 31.4 Å². The molecule has 0 saturated carbocycles. The second kappa shape index (κ2) is 8.64. The minimum atomic E-state index is -0.527. The zero-order valence-corrected chi connectivity index (χ0v) is 17.1. The van der Waals surface area contributed by atoms with E-state index in [9.17, 15) is 14.0 Å². The monoisotopic (exact) mass is 431 g/mol. The van der Waals surface area contributed by atoms with Crippen LogP contribution in [0, 0.1) is 12.7 Å². The number of nitrogens with one attached hydrogen (secondary N) is 1. The maximum Gasteiger partial charge on any atom is 0.337 e. The average Bonchev–Trinajstić information content (AvgIpc) is 2.69. The van der Waals surface area contributed by atoms with Gasteiger partial charge < -0.3 is 10.1 Å². The smallest absolute Gasteiger partial charge is 0.337 e. The number of hydrogen-bond donors (Lipinski definition) is 1. The van der Waals surface area contributed by atoms with Gasteiger partial charge in [0.25, 0.3) is 0 Å². The number of carbonyl (C=O) groups is 2. The number of carbonyl (C=O) groups excluding carboxylic acids is 2. The van der Waals surface area contributed by atoms with Crippen molar-refractivity contribution in [2.24, 2.45) is 0 Å². The van der Waals surface area contributed by atoms with Gasteiger partial charge in [0.15, 0.2) is 5.78 Å². The number of hydrogen-bond acceptors (Lipinski definition) is 4. The van der Waals surface area contributed by atoms with Gasteiger partial charge in [0.05, 0.1) is 28.4 Å². The van der Waals surface area contributed by atoms with Crippen molar-refractivity contribution in [1.82, 2.24) is 0 Å². The van der Waals surface area contributed by atoms with Crippen LogP contribution in [-0.4, -0.2) is 18.9 Å². The number of benzene rings is 3. The molecule has 0 amide bonds. The summed E-state index contributed by atoms with van der Waals surface area (Å²) in [5, 5.41) is 3.48. The molecular formula is C22H16Cl2FNO3. The molecule has 3 aromatic carbocycles. The van der Waals surface area contributed by atoms with Crippen molar-refractivity contribution < 1.29 is 18.7 Å². The number of halogens is 3. The summed E-state index contributed by atoms with van der Waals surface area (Å²) in [6.07, 6.45) is 0. The van der Waals surface area contributed by atoms with Gasteiger partial charge in [0.1, 0.15) is 5.82 Å². The third kappa shape index (κ3) is 4.58. The van der Waals surface area contributed by atoms with Crippen LogP contribution in [0.5, 0.6) is 0 Å². The molecule has 0 aliphatic carbocycles. The highest BCUT2D eigenvalue weighted by Gasteiger charge is 2.18. The zero-order valence-electron chi connectivity index (χ0n) is 15.6. The standard InChI is InChI=1S/C22H16Cl2FNO3/c1-12-3-4-13(22(28)29-2)9-17(12)21(27)16-7-6-15(11-18(16)23)26-20-8-5-14(25)10-19(20)24/h3-11,26H,1-2H3. The summed E-state index contributed by atoms with van der Waals surface area (Å²) in [4.78, 5) is 24.8. The van der Waals surface area contributed by atoms with Gasteiger partial charge in [-0.15, -0.1) is 0 Å². The maximum atomic E-state index is 13.2. The van der Waals surface area contributed by atoms with Crippen molar-refractivity contribution in [3.63, 3.8) is 0 Å². The molecule has 0 aromatic heterocycles. The first-order valence-corrected chi connectivity index (χ1v) is 9.31. The first-order valence-electron chi connectivity index (χ1n) is 8.55. The Morgan fingerprint density at radius 3 is 2.34 bits per heavy atom. The molecule has 4 nitrogen and oxygen atoms in total. The molecule has 0 aliphatic rings. The molecule has 7 heteroatoms. The molecule has 0 spiro atoms. The highest BCUT2D eigenvalue weighted by atomic mass is 35.5. The molecule has 0 aliphatic heterocycles. The molecule has 1 N–H and O–H groups in total. The van der Waals surface area contributed by atoms with Crippen molar-refractivity contribution in [3.05, 3.63) is 92.7 Å². The van der Waals surface area contributed by atoms with E-state index < -0.39 is 11.8 Å². The van der Waals surface area contributed by atoms with E-state index in [0.717, 1.165) is 0 Å². The largest absolute Gasteiger partial charge is 0.465 e. The lowest BCUT2D eigenvalue weighted by molar-refractivity contribution is 0.0600. The summed E-state index contributed by atoms with van der Waals surface area (Å²) >= 11 is 12.4. The molecule has 0 fully saturated rings. The molecule has 148 valence electrons. The predicted octanol–water partition coefficient (Wildman–Crippen LogP) is 6.20. The lowest BCUT2D eigenvalue weighted by atomic mass is 9.96. The van der Waals surface area contributed by atoms with Crippen LogP contribution in [-0.2, 0) is 4.74 Å². The molecule has 0 unspecified atom stereocenters. The van der Waals surface area contributed by atoms with Gasteiger partial charge in [-0.2, -0.15) is 0 Å². The van der Waals surface area contributed by atoms with E-state index >= 15 is 0 Å². The SMILES string of the molecule is COC(=O)c1ccc(C)c(C(=O)c2ccc(Nc3ccc(F)cc3Cl)cc2Cl)c1. The molecular weight excluding hydrogens is 416 g/mol. The molecule has 0 heterocycles. The Morgan fingerprint density at radius 2 is 1.69 bits per heavy atom. The van der Waals surface area contributed by atoms with Crippen LogP contribution in [0.1, 0.15) is 31.8 Å². The Hall–Kier alpha value is -2.89. The van der Waals surface area contributed by atoms with Crippen LogP contribution in [0.25, 0.3) is 0 Å². The molecule has 0 saturated heterocycles. The Balaban J connectivity index is 1.90. The third-order valence-corrected chi connectivity index (χ3v) is 4.95. The number of anilines is 2. The topological polar surface area (TPSA) is 55.4 Å². The molecule has 0 radical (unpaired) electrons. The Kier molecular flexibility index (Phi) is 6.20. The fourth-order valence-corrected chi connectivity index (χ4v) is 3.26. The van der Waals surface area contributed by atoms with Crippen LogP contribution in [0.3, 0.4) is 0 Å². The minimum Gasteiger partial charge on any atom is -0.465 e.